The number of alkyl halides is 2. The zero-order valence-electron chi connectivity index (χ0n) is 8.26. The summed E-state index contributed by atoms with van der Waals surface area (Å²) in [7, 11) is 0. The first-order valence-corrected chi connectivity index (χ1v) is 4.67. The number of aromatic nitrogens is 2. The largest absolute Gasteiger partial charge is 0.338 e. The van der Waals surface area contributed by atoms with Crippen molar-refractivity contribution < 1.29 is 13.6 Å². The van der Waals surface area contributed by atoms with Gasteiger partial charge >= 0.3 is 0 Å². The first-order chi connectivity index (χ1) is 6.98. The van der Waals surface area contributed by atoms with Crippen molar-refractivity contribution in [1.29, 1.82) is 0 Å². The van der Waals surface area contributed by atoms with Crippen LogP contribution in [0, 0.1) is 6.92 Å². The van der Waals surface area contributed by atoms with Crippen molar-refractivity contribution in [3.05, 3.63) is 17.7 Å². The Kier molecular flexibility index (Phi) is 2.21. The summed E-state index contributed by atoms with van der Waals surface area (Å²) in [5.41, 5.74) is 0.269. The van der Waals surface area contributed by atoms with Gasteiger partial charge < -0.3 is 9.88 Å². The lowest BCUT2D eigenvalue weighted by Gasteiger charge is -2.14. The monoisotopic (exact) mass is 215 g/mol. The van der Waals surface area contributed by atoms with Crippen molar-refractivity contribution >= 4 is 5.91 Å². The zero-order chi connectivity index (χ0) is 11.1. The number of halogens is 2. The number of nitrogens with one attached hydrogen (secondary N) is 1. The number of likely N-dealkylation sites (tertiary alicyclic amines) is 1. The maximum Gasteiger partial charge on any atom is 0.272 e. The number of hydrogen-bond acceptors (Lipinski definition) is 2. The molecule has 1 aromatic heterocycles. The highest BCUT2D eigenvalue weighted by atomic mass is 19.3. The number of amides is 1. The maximum absolute atomic E-state index is 12.9. The first kappa shape index (κ1) is 10.1. The molecule has 0 unspecified atom stereocenters. The van der Waals surface area contributed by atoms with Crippen LogP contribution in [0.15, 0.2) is 6.20 Å². The lowest BCUT2D eigenvalue weighted by atomic mass is 10.3. The first-order valence-electron chi connectivity index (χ1n) is 4.67. The Morgan fingerprint density at radius 1 is 1.67 bits per heavy atom. The summed E-state index contributed by atoms with van der Waals surface area (Å²) in [5, 5.41) is 0. The Morgan fingerprint density at radius 3 is 2.87 bits per heavy atom. The summed E-state index contributed by atoms with van der Waals surface area (Å²) in [6.07, 6.45) is 1.11. The lowest BCUT2D eigenvalue weighted by Crippen LogP contribution is -2.31. The van der Waals surface area contributed by atoms with Crippen molar-refractivity contribution in [3.8, 4) is 0 Å². The van der Waals surface area contributed by atoms with Gasteiger partial charge in [0, 0.05) is 13.0 Å². The molecule has 1 aromatic rings. The second-order valence-electron chi connectivity index (χ2n) is 3.71. The summed E-state index contributed by atoms with van der Waals surface area (Å²) >= 11 is 0. The van der Waals surface area contributed by atoms with Gasteiger partial charge in [-0.15, -0.1) is 0 Å². The van der Waals surface area contributed by atoms with Gasteiger partial charge in [-0.05, 0) is 6.92 Å². The number of aromatic amines is 1. The molecule has 0 atom stereocenters. The molecule has 1 fully saturated rings. The van der Waals surface area contributed by atoms with Crippen LogP contribution in [-0.4, -0.2) is 39.8 Å². The normalized spacial score (nSPS) is 19.5. The van der Waals surface area contributed by atoms with Gasteiger partial charge in [-0.2, -0.15) is 0 Å². The lowest BCUT2D eigenvalue weighted by molar-refractivity contribution is 0.0119. The van der Waals surface area contributed by atoms with E-state index in [1.54, 1.807) is 6.92 Å². The van der Waals surface area contributed by atoms with Crippen molar-refractivity contribution in [3.63, 3.8) is 0 Å². The highest BCUT2D eigenvalue weighted by Crippen LogP contribution is 2.27. The number of imidazole rings is 1. The minimum absolute atomic E-state index is 0.101. The van der Waals surface area contributed by atoms with Gasteiger partial charge in [0.1, 0.15) is 11.5 Å². The summed E-state index contributed by atoms with van der Waals surface area (Å²) in [6, 6.07) is 0. The number of H-pyrrole nitrogens is 1. The van der Waals surface area contributed by atoms with E-state index in [1.807, 2.05) is 0 Å². The van der Waals surface area contributed by atoms with Crippen molar-refractivity contribution in [2.75, 3.05) is 13.1 Å². The third kappa shape index (κ3) is 1.98. The maximum atomic E-state index is 12.9. The second-order valence-corrected chi connectivity index (χ2v) is 3.71. The molecule has 6 heteroatoms. The topological polar surface area (TPSA) is 49.0 Å². The Bertz CT molecular complexity index is 388. The van der Waals surface area contributed by atoms with E-state index in [-0.39, 0.29) is 18.7 Å². The molecule has 0 aliphatic carbocycles. The average molecular weight is 215 g/mol. The molecule has 1 saturated heterocycles. The molecule has 1 aliphatic rings. The summed E-state index contributed by atoms with van der Waals surface area (Å²) in [6.45, 7) is 1.31. The third-order valence-electron chi connectivity index (χ3n) is 2.39. The van der Waals surface area contributed by atoms with E-state index in [0.717, 1.165) is 4.90 Å². The number of hydrogen-bond donors (Lipinski definition) is 1. The van der Waals surface area contributed by atoms with Crippen LogP contribution >= 0.6 is 0 Å². The van der Waals surface area contributed by atoms with Crippen LogP contribution in [0.2, 0.25) is 0 Å². The van der Waals surface area contributed by atoms with Gasteiger partial charge in [0.25, 0.3) is 11.8 Å². The highest BCUT2D eigenvalue weighted by molar-refractivity contribution is 5.92. The number of aryl methyl sites for hydroxylation is 1. The fraction of sp³-hybridized carbons (Fsp3) is 0.556. The van der Waals surface area contributed by atoms with Crippen LogP contribution in [0.5, 0.6) is 0 Å². The van der Waals surface area contributed by atoms with Crippen LogP contribution in [-0.2, 0) is 0 Å². The molecule has 1 amide bonds. The number of carbonyl (C=O) groups is 1. The molecule has 2 heterocycles. The number of carbonyl (C=O) groups excluding carboxylic acids is 1. The van der Waals surface area contributed by atoms with Crippen LogP contribution in [0.3, 0.4) is 0 Å². The quantitative estimate of drug-likeness (QED) is 0.765. The Balaban J connectivity index is 2.10. The molecule has 15 heavy (non-hydrogen) atoms. The van der Waals surface area contributed by atoms with E-state index in [2.05, 4.69) is 9.97 Å². The number of rotatable bonds is 1. The molecule has 1 N–H and O–H groups in total. The summed E-state index contributed by atoms with van der Waals surface area (Å²) in [5.74, 6) is -2.55. The van der Waals surface area contributed by atoms with Gasteiger partial charge in [-0.1, -0.05) is 0 Å². The minimum atomic E-state index is -2.75. The van der Waals surface area contributed by atoms with Gasteiger partial charge in [-0.25, -0.2) is 13.8 Å². The molecular weight excluding hydrogens is 204 g/mol. The summed E-state index contributed by atoms with van der Waals surface area (Å²) < 4.78 is 25.7. The SMILES string of the molecule is Cc1ncc(C(=O)N2CCC(F)(F)C2)[nH]1. The van der Waals surface area contributed by atoms with E-state index in [0.29, 0.717) is 5.82 Å². The molecule has 82 valence electrons. The van der Waals surface area contributed by atoms with Crippen LogP contribution in [0.4, 0.5) is 8.78 Å². The van der Waals surface area contributed by atoms with E-state index >= 15 is 0 Å². The molecule has 1 aliphatic heterocycles. The van der Waals surface area contributed by atoms with Gasteiger partial charge in [0.05, 0.1) is 12.7 Å². The minimum Gasteiger partial charge on any atom is -0.338 e. The van der Waals surface area contributed by atoms with Crippen LogP contribution in [0.25, 0.3) is 0 Å². The Morgan fingerprint density at radius 2 is 2.40 bits per heavy atom. The molecule has 0 spiro atoms. The summed E-state index contributed by atoms with van der Waals surface area (Å²) in [4.78, 5) is 19.4. The predicted octanol–water partition coefficient (Wildman–Crippen LogP) is 1.20. The molecule has 0 bridgehead atoms. The van der Waals surface area contributed by atoms with Crippen molar-refractivity contribution in [2.24, 2.45) is 0 Å². The standard InChI is InChI=1S/C9H11F2N3O/c1-6-12-4-7(13-6)8(15)14-3-2-9(10,11)5-14/h4H,2-3,5H2,1H3,(H,12,13). The highest BCUT2D eigenvalue weighted by Gasteiger charge is 2.40. The molecule has 2 rings (SSSR count). The number of nitrogens with zero attached hydrogens (tertiary/aromatic N) is 2. The fourth-order valence-electron chi connectivity index (χ4n) is 1.61. The molecule has 0 aromatic carbocycles. The zero-order valence-corrected chi connectivity index (χ0v) is 8.26. The molecule has 0 saturated carbocycles. The van der Waals surface area contributed by atoms with E-state index in [4.69, 9.17) is 0 Å². The average Bonchev–Trinajstić information content (AvgIpc) is 2.71. The smallest absolute Gasteiger partial charge is 0.272 e. The second kappa shape index (κ2) is 3.29. The molecular formula is C9H11F2N3O. The van der Waals surface area contributed by atoms with Gasteiger partial charge in [0.15, 0.2) is 0 Å². The Labute approximate surface area is 85.3 Å². The van der Waals surface area contributed by atoms with Crippen molar-refractivity contribution in [1.82, 2.24) is 14.9 Å². The van der Waals surface area contributed by atoms with Crippen LogP contribution in [0.1, 0.15) is 22.7 Å². The van der Waals surface area contributed by atoms with Crippen molar-refractivity contribution in [2.45, 2.75) is 19.3 Å². The third-order valence-corrected chi connectivity index (χ3v) is 2.39. The van der Waals surface area contributed by atoms with Gasteiger partial charge in [-0.3, -0.25) is 4.79 Å². The van der Waals surface area contributed by atoms with E-state index < -0.39 is 18.4 Å². The van der Waals surface area contributed by atoms with Gasteiger partial charge in [0.2, 0.25) is 0 Å². The van der Waals surface area contributed by atoms with E-state index in [1.165, 1.54) is 6.20 Å². The molecule has 0 radical (unpaired) electrons. The molecule has 4 nitrogen and oxygen atoms in total. The van der Waals surface area contributed by atoms with Crippen LogP contribution < -0.4 is 0 Å². The fourth-order valence-corrected chi connectivity index (χ4v) is 1.61. The predicted molar refractivity (Wildman–Crippen MR) is 48.8 cm³/mol. The Hall–Kier alpha value is -1.46. The van der Waals surface area contributed by atoms with E-state index in [9.17, 15) is 13.6 Å².